The van der Waals surface area contributed by atoms with E-state index in [0.717, 1.165) is 30.1 Å². The number of anilines is 1. The third-order valence-electron chi connectivity index (χ3n) is 4.13. The van der Waals surface area contributed by atoms with Gasteiger partial charge in [0.25, 0.3) is 0 Å². The van der Waals surface area contributed by atoms with Crippen molar-refractivity contribution in [2.75, 3.05) is 11.9 Å². The average molecular weight is 277 g/mol. The molecule has 0 spiro atoms. The van der Waals surface area contributed by atoms with Crippen molar-refractivity contribution in [1.82, 2.24) is 10.2 Å². The Hall–Kier alpha value is -1.65. The molecule has 1 aromatic rings. The Bertz CT molecular complexity index is 484. The van der Waals surface area contributed by atoms with E-state index in [1.54, 1.807) is 0 Å². The van der Waals surface area contributed by atoms with Gasteiger partial charge in [0.2, 0.25) is 0 Å². The zero-order chi connectivity index (χ0) is 14.5. The molecular weight excluding hydrogens is 254 g/mol. The molecule has 0 radical (unpaired) electrons. The van der Waals surface area contributed by atoms with Gasteiger partial charge in [0, 0.05) is 6.54 Å². The molecule has 0 bridgehead atoms. The molecule has 1 saturated carbocycles. The van der Waals surface area contributed by atoms with Crippen LogP contribution in [0.5, 0.6) is 0 Å². The van der Waals surface area contributed by atoms with Gasteiger partial charge in [-0.1, -0.05) is 33.1 Å². The fraction of sp³-hybridized carbons (Fsp3) is 0.667. The number of nitrogens with one attached hydrogen (secondary N) is 1. The van der Waals surface area contributed by atoms with Crippen molar-refractivity contribution >= 4 is 11.8 Å². The highest BCUT2D eigenvalue weighted by Gasteiger charge is 2.21. The lowest BCUT2D eigenvalue weighted by atomic mass is 9.83. The maximum absolute atomic E-state index is 11.5. The molecule has 0 atom stereocenters. The summed E-state index contributed by atoms with van der Waals surface area (Å²) in [5.74, 6) is 0.299. The van der Waals surface area contributed by atoms with Crippen LogP contribution >= 0.6 is 0 Å². The Kier molecular flexibility index (Phi) is 4.93. The number of nitrogens with zero attached hydrogens (tertiary/aromatic N) is 2. The van der Waals surface area contributed by atoms with Crippen LogP contribution in [0.1, 0.15) is 61.1 Å². The molecule has 1 aliphatic carbocycles. The summed E-state index contributed by atoms with van der Waals surface area (Å²) in [7, 11) is 0. The lowest BCUT2D eigenvalue weighted by molar-refractivity contribution is 0.0696. The smallest absolute Gasteiger partial charge is 0.339 e. The first kappa shape index (κ1) is 14.8. The van der Waals surface area contributed by atoms with Gasteiger partial charge in [-0.2, -0.15) is 5.10 Å². The SMILES string of the molecule is CCc1nnc(NCCC2CCC2)c(C(=O)O)c1CC. The fourth-order valence-corrected chi connectivity index (χ4v) is 2.70. The maximum atomic E-state index is 11.5. The second-order valence-electron chi connectivity index (χ2n) is 5.37. The van der Waals surface area contributed by atoms with Gasteiger partial charge in [0.05, 0.1) is 5.69 Å². The second-order valence-corrected chi connectivity index (χ2v) is 5.37. The minimum atomic E-state index is -0.919. The van der Waals surface area contributed by atoms with E-state index in [-0.39, 0.29) is 0 Å². The van der Waals surface area contributed by atoms with Gasteiger partial charge in [-0.05, 0) is 30.7 Å². The summed E-state index contributed by atoms with van der Waals surface area (Å²) in [6.07, 6.45) is 6.38. The number of carbonyl (C=O) groups is 1. The molecule has 2 rings (SSSR count). The van der Waals surface area contributed by atoms with Gasteiger partial charge >= 0.3 is 5.97 Å². The van der Waals surface area contributed by atoms with Crippen molar-refractivity contribution in [1.29, 1.82) is 0 Å². The molecule has 5 nitrogen and oxygen atoms in total. The Balaban J connectivity index is 2.15. The summed E-state index contributed by atoms with van der Waals surface area (Å²) in [5.41, 5.74) is 1.89. The molecular formula is C15H23N3O2. The van der Waals surface area contributed by atoms with Crippen LogP contribution in [-0.4, -0.2) is 27.8 Å². The molecule has 1 aliphatic rings. The van der Waals surface area contributed by atoms with Crippen molar-refractivity contribution < 1.29 is 9.90 Å². The van der Waals surface area contributed by atoms with Gasteiger partial charge in [0.1, 0.15) is 5.56 Å². The average Bonchev–Trinajstić information content (AvgIpc) is 2.40. The van der Waals surface area contributed by atoms with Gasteiger partial charge < -0.3 is 10.4 Å². The summed E-state index contributed by atoms with van der Waals surface area (Å²) in [6.45, 7) is 4.70. The summed E-state index contributed by atoms with van der Waals surface area (Å²) >= 11 is 0. The number of aromatic nitrogens is 2. The highest BCUT2D eigenvalue weighted by atomic mass is 16.4. The van der Waals surface area contributed by atoms with Crippen LogP contribution in [0.4, 0.5) is 5.82 Å². The van der Waals surface area contributed by atoms with Crippen LogP contribution in [0, 0.1) is 5.92 Å². The Morgan fingerprint density at radius 1 is 1.30 bits per heavy atom. The van der Waals surface area contributed by atoms with Crippen molar-refractivity contribution in [3.63, 3.8) is 0 Å². The quantitative estimate of drug-likeness (QED) is 0.801. The standard InChI is InChI=1S/C15H23N3O2/c1-3-11-12(4-2)17-18-14(13(11)15(19)20)16-9-8-10-6-5-7-10/h10H,3-9H2,1-2H3,(H,16,18)(H,19,20). The van der Waals surface area contributed by atoms with Gasteiger partial charge in [-0.15, -0.1) is 5.10 Å². The third kappa shape index (κ3) is 3.08. The molecule has 0 unspecified atom stereocenters. The second kappa shape index (κ2) is 6.68. The number of rotatable bonds is 7. The van der Waals surface area contributed by atoms with Gasteiger partial charge in [-0.25, -0.2) is 4.79 Å². The topological polar surface area (TPSA) is 75.1 Å². The van der Waals surface area contributed by atoms with E-state index in [9.17, 15) is 9.90 Å². The minimum Gasteiger partial charge on any atom is -0.478 e. The zero-order valence-corrected chi connectivity index (χ0v) is 12.3. The summed E-state index contributed by atoms with van der Waals surface area (Å²) in [5, 5.41) is 20.9. The van der Waals surface area contributed by atoms with Crippen molar-refractivity contribution in [3.05, 3.63) is 16.8 Å². The highest BCUT2D eigenvalue weighted by Crippen LogP contribution is 2.29. The summed E-state index contributed by atoms with van der Waals surface area (Å²) < 4.78 is 0. The van der Waals surface area contributed by atoms with Crippen LogP contribution in [0.15, 0.2) is 0 Å². The van der Waals surface area contributed by atoms with E-state index in [1.165, 1.54) is 19.3 Å². The van der Waals surface area contributed by atoms with Crippen molar-refractivity contribution in [2.24, 2.45) is 5.92 Å². The Morgan fingerprint density at radius 2 is 2.05 bits per heavy atom. The molecule has 110 valence electrons. The third-order valence-corrected chi connectivity index (χ3v) is 4.13. The molecule has 20 heavy (non-hydrogen) atoms. The van der Waals surface area contributed by atoms with Crippen LogP contribution < -0.4 is 5.32 Å². The maximum Gasteiger partial charge on any atom is 0.339 e. The van der Waals surface area contributed by atoms with Gasteiger partial charge in [-0.3, -0.25) is 0 Å². The van der Waals surface area contributed by atoms with E-state index < -0.39 is 5.97 Å². The minimum absolute atomic E-state index is 0.299. The van der Waals surface area contributed by atoms with E-state index in [0.29, 0.717) is 24.2 Å². The molecule has 0 aromatic carbocycles. The number of carboxylic acids is 1. The molecule has 1 aromatic heterocycles. The van der Waals surface area contributed by atoms with Crippen molar-refractivity contribution in [3.8, 4) is 0 Å². The Labute approximate surface area is 119 Å². The number of hydrogen-bond acceptors (Lipinski definition) is 4. The normalized spacial score (nSPS) is 14.9. The molecule has 1 fully saturated rings. The number of aryl methyl sites for hydroxylation is 1. The first-order valence-corrected chi connectivity index (χ1v) is 7.52. The summed E-state index contributed by atoms with van der Waals surface area (Å²) in [6, 6.07) is 0. The first-order chi connectivity index (χ1) is 9.67. The van der Waals surface area contributed by atoms with E-state index in [1.807, 2.05) is 13.8 Å². The summed E-state index contributed by atoms with van der Waals surface area (Å²) in [4.78, 5) is 11.5. The molecule has 0 amide bonds. The lowest BCUT2D eigenvalue weighted by Gasteiger charge is -2.25. The predicted octanol–water partition coefficient (Wildman–Crippen LogP) is 2.90. The molecule has 1 heterocycles. The molecule has 0 saturated heterocycles. The highest BCUT2D eigenvalue weighted by molar-refractivity contribution is 5.95. The fourth-order valence-electron chi connectivity index (χ4n) is 2.70. The van der Waals surface area contributed by atoms with Crippen LogP contribution in [0.2, 0.25) is 0 Å². The molecule has 2 N–H and O–H groups in total. The van der Waals surface area contributed by atoms with E-state index in [2.05, 4.69) is 15.5 Å². The van der Waals surface area contributed by atoms with Crippen LogP contribution in [0.3, 0.4) is 0 Å². The van der Waals surface area contributed by atoms with Crippen LogP contribution in [-0.2, 0) is 12.8 Å². The van der Waals surface area contributed by atoms with E-state index >= 15 is 0 Å². The number of carboxylic acid groups (broad SMARTS) is 1. The Morgan fingerprint density at radius 3 is 2.55 bits per heavy atom. The number of hydrogen-bond donors (Lipinski definition) is 2. The first-order valence-electron chi connectivity index (χ1n) is 7.52. The van der Waals surface area contributed by atoms with Crippen molar-refractivity contribution in [2.45, 2.75) is 52.4 Å². The van der Waals surface area contributed by atoms with Crippen LogP contribution in [0.25, 0.3) is 0 Å². The molecule has 0 aliphatic heterocycles. The zero-order valence-electron chi connectivity index (χ0n) is 12.3. The van der Waals surface area contributed by atoms with Gasteiger partial charge in [0.15, 0.2) is 5.82 Å². The molecule has 5 heteroatoms. The monoisotopic (exact) mass is 277 g/mol. The largest absolute Gasteiger partial charge is 0.478 e. The number of aromatic carboxylic acids is 1. The van der Waals surface area contributed by atoms with E-state index in [4.69, 9.17) is 0 Å². The lowest BCUT2D eigenvalue weighted by Crippen LogP contribution is -2.19. The predicted molar refractivity (Wildman–Crippen MR) is 78.2 cm³/mol.